The van der Waals surface area contributed by atoms with Crippen molar-refractivity contribution in [2.75, 3.05) is 5.32 Å². The summed E-state index contributed by atoms with van der Waals surface area (Å²) in [6, 6.07) is 10.6. The van der Waals surface area contributed by atoms with Crippen LogP contribution in [0, 0.1) is 11.6 Å². The van der Waals surface area contributed by atoms with Crippen molar-refractivity contribution in [1.29, 1.82) is 0 Å². The van der Waals surface area contributed by atoms with Gasteiger partial charge in [-0.25, -0.2) is 13.8 Å². The predicted molar refractivity (Wildman–Crippen MR) is 79.3 cm³/mol. The van der Waals surface area contributed by atoms with Crippen LogP contribution in [-0.4, -0.2) is 15.5 Å². The Morgan fingerprint density at radius 1 is 1.18 bits per heavy atom. The first-order valence-electron chi connectivity index (χ1n) is 6.78. The third-order valence-corrected chi connectivity index (χ3v) is 3.31. The van der Waals surface area contributed by atoms with E-state index in [0.29, 0.717) is 6.54 Å². The smallest absolute Gasteiger partial charge is 0.226 e. The number of hydrogen-bond donors (Lipinski definition) is 1. The zero-order valence-electron chi connectivity index (χ0n) is 11.6. The summed E-state index contributed by atoms with van der Waals surface area (Å²) in [5, 5.41) is 2.43. The molecule has 0 unspecified atom stereocenters. The molecule has 0 saturated carbocycles. The number of carbonyl (C=O) groups excluding carboxylic acids is 1. The fourth-order valence-electron chi connectivity index (χ4n) is 2.21. The molecule has 0 saturated heterocycles. The van der Waals surface area contributed by atoms with Crippen LogP contribution >= 0.6 is 0 Å². The summed E-state index contributed by atoms with van der Waals surface area (Å²) in [7, 11) is 0. The van der Waals surface area contributed by atoms with Gasteiger partial charge in [-0.2, -0.15) is 0 Å². The van der Waals surface area contributed by atoms with Crippen molar-refractivity contribution >= 4 is 22.6 Å². The number of imidazole rings is 1. The monoisotopic (exact) mass is 301 g/mol. The van der Waals surface area contributed by atoms with Gasteiger partial charge in [-0.05, 0) is 24.3 Å². The number of fused-ring (bicyclic) bond motifs is 1. The van der Waals surface area contributed by atoms with Crippen LogP contribution in [0.15, 0.2) is 48.8 Å². The zero-order valence-corrected chi connectivity index (χ0v) is 11.6. The van der Waals surface area contributed by atoms with E-state index >= 15 is 0 Å². The Hall–Kier alpha value is -2.76. The first-order chi connectivity index (χ1) is 10.6. The van der Waals surface area contributed by atoms with Crippen LogP contribution in [0.4, 0.5) is 14.5 Å². The first kappa shape index (κ1) is 14.2. The normalized spacial score (nSPS) is 10.8. The van der Waals surface area contributed by atoms with Crippen LogP contribution in [0.3, 0.4) is 0 Å². The van der Waals surface area contributed by atoms with Gasteiger partial charge in [-0.3, -0.25) is 4.79 Å². The maximum Gasteiger partial charge on any atom is 0.226 e. The van der Waals surface area contributed by atoms with Gasteiger partial charge in [0, 0.05) is 19.0 Å². The molecule has 0 atom stereocenters. The van der Waals surface area contributed by atoms with Crippen LogP contribution in [0.1, 0.15) is 6.42 Å². The van der Waals surface area contributed by atoms with Gasteiger partial charge in [-0.1, -0.05) is 12.1 Å². The highest BCUT2D eigenvalue weighted by Gasteiger charge is 2.09. The first-order valence-corrected chi connectivity index (χ1v) is 6.78. The van der Waals surface area contributed by atoms with E-state index in [1.807, 2.05) is 28.8 Å². The van der Waals surface area contributed by atoms with Gasteiger partial charge in [0.2, 0.25) is 5.91 Å². The molecule has 3 rings (SSSR count). The van der Waals surface area contributed by atoms with Gasteiger partial charge in [0.05, 0.1) is 23.0 Å². The lowest BCUT2D eigenvalue weighted by Gasteiger charge is -2.07. The molecule has 0 bridgehead atoms. The third kappa shape index (κ3) is 2.95. The fraction of sp³-hybridized carbons (Fsp3) is 0.125. The Bertz CT molecular complexity index is 829. The SMILES string of the molecule is O=C(CCn1cnc2ccccc21)Nc1ccc(F)cc1F. The molecule has 0 aliphatic carbocycles. The van der Waals surface area contributed by atoms with Crippen molar-refractivity contribution in [3.8, 4) is 0 Å². The quantitative estimate of drug-likeness (QED) is 0.803. The van der Waals surface area contributed by atoms with Gasteiger partial charge < -0.3 is 9.88 Å². The van der Waals surface area contributed by atoms with Gasteiger partial charge in [0.15, 0.2) is 0 Å². The lowest BCUT2D eigenvalue weighted by atomic mass is 10.2. The molecule has 0 fully saturated rings. The number of nitrogens with zero attached hydrogens (tertiary/aromatic N) is 2. The molecule has 0 spiro atoms. The highest BCUT2D eigenvalue weighted by atomic mass is 19.1. The van der Waals surface area contributed by atoms with Crippen LogP contribution < -0.4 is 5.32 Å². The average molecular weight is 301 g/mol. The molecule has 112 valence electrons. The Morgan fingerprint density at radius 2 is 2.00 bits per heavy atom. The maximum absolute atomic E-state index is 13.5. The highest BCUT2D eigenvalue weighted by Crippen LogP contribution is 2.16. The van der Waals surface area contributed by atoms with Crippen molar-refractivity contribution in [3.63, 3.8) is 0 Å². The largest absolute Gasteiger partial charge is 0.330 e. The minimum absolute atomic E-state index is 0.0260. The number of aryl methyl sites for hydroxylation is 1. The molecule has 0 radical (unpaired) electrons. The summed E-state index contributed by atoms with van der Waals surface area (Å²) in [6.07, 6.45) is 1.83. The molecule has 1 N–H and O–H groups in total. The van der Waals surface area contributed by atoms with E-state index < -0.39 is 11.6 Å². The number of anilines is 1. The van der Waals surface area contributed by atoms with E-state index in [2.05, 4.69) is 10.3 Å². The number of halogens is 2. The van der Waals surface area contributed by atoms with Gasteiger partial charge in [0.25, 0.3) is 0 Å². The summed E-state index contributed by atoms with van der Waals surface area (Å²) < 4.78 is 28.1. The number of nitrogens with one attached hydrogen (secondary N) is 1. The lowest BCUT2D eigenvalue weighted by Crippen LogP contribution is -2.15. The molecule has 1 amide bonds. The fourth-order valence-corrected chi connectivity index (χ4v) is 2.21. The van der Waals surface area contributed by atoms with Crippen molar-refractivity contribution < 1.29 is 13.6 Å². The van der Waals surface area contributed by atoms with Gasteiger partial charge in [0.1, 0.15) is 11.6 Å². The average Bonchev–Trinajstić information content (AvgIpc) is 2.91. The lowest BCUT2D eigenvalue weighted by molar-refractivity contribution is -0.116. The van der Waals surface area contributed by atoms with Gasteiger partial charge in [-0.15, -0.1) is 0 Å². The second-order valence-corrected chi connectivity index (χ2v) is 4.85. The Morgan fingerprint density at radius 3 is 2.82 bits per heavy atom. The molecule has 6 heteroatoms. The molecule has 2 aromatic carbocycles. The third-order valence-electron chi connectivity index (χ3n) is 3.31. The summed E-state index contributed by atoms with van der Waals surface area (Å²) in [4.78, 5) is 16.1. The van der Waals surface area contributed by atoms with E-state index in [-0.39, 0.29) is 18.0 Å². The molecule has 1 aromatic heterocycles. The molecular weight excluding hydrogens is 288 g/mol. The van der Waals surface area contributed by atoms with E-state index in [4.69, 9.17) is 0 Å². The topological polar surface area (TPSA) is 46.9 Å². The number of para-hydroxylation sites is 2. The Balaban J connectivity index is 1.65. The number of hydrogen-bond acceptors (Lipinski definition) is 2. The summed E-state index contributed by atoms with van der Waals surface area (Å²) >= 11 is 0. The van der Waals surface area contributed by atoms with E-state index in [1.54, 1.807) is 6.33 Å². The zero-order chi connectivity index (χ0) is 15.5. The van der Waals surface area contributed by atoms with E-state index in [0.717, 1.165) is 23.2 Å². The Kier molecular flexibility index (Phi) is 3.82. The number of benzene rings is 2. The van der Waals surface area contributed by atoms with Crippen molar-refractivity contribution in [3.05, 3.63) is 60.4 Å². The van der Waals surface area contributed by atoms with Crippen LogP contribution in [0.2, 0.25) is 0 Å². The number of amides is 1. The molecule has 0 aliphatic heterocycles. The van der Waals surface area contributed by atoms with E-state index in [1.165, 1.54) is 6.07 Å². The molecule has 22 heavy (non-hydrogen) atoms. The summed E-state index contributed by atoms with van der Waals surface area (Å²) in [6.45, 7) is 0.426. The van der Waals surface area contributed by atoms with Crippen LogP contribution in [-0.2, 0) is 11.3 Å². The Labute approximate surface area is 125 Å². The van der Waals surface area contributed by atoms with Crippen molar-refractivity contribution in [1.82, 2.24) is 9.55 Å². The number of rotatable bonds is 4. The number of aromatic nitrogens is 2. The second kappa shape index (κ2) is 5.93. The van der Waals surface area contributed by atoms with E-state index in [9.17, 15) is 13.6 Å². The second-order valence-electron chi connectivity index (χ2n) is 4.85. The molecule has 3 aromatic rings. The van der Waals surface area contributed by atoms with Crippen LogP contribution in [0.5, 0.6) is 0 Å². The standard InChI is InChI=1S/C16H13F2N3O/c17-11-5-6-13(12(18)9-11)20-16(22)7-8-21-10-19-14-3-1-2-4-15(14)21/h1-6,9-10H,7-8H2,(H,20,22). The van der Waals surface area contributed by atoms with Crippen LogP contribution in [0.25, 0.3) is 11.0 Å². The molecule has 0 aliphatic rings. The highest BCUT2D eigenvalue weighted by molar-refractivity contribution is 5.90. The number of carbonyl (C=O) groups is 1. The molecule has 1 heterocycles. The summed E-state index contributed by atoms with van der Waals surface area (Å²) in [5.41, 5.74) is 1.76. The van der Waals surface area contributed by atoms with Gasteiger partial charge >= 0.3 is 0 Å². The molecule has 4 nitrogen and oxygen atoms in total. The minimum atomic E-state index is -0.790. The maximum atomic E-state index is 13.5. The van der Waals surface area contributed by atoms with Crippen molar-refractivity contribution in [2.45, 2.75) is 13.0 Å². The predicted octanol–water partition coefficient (Wildman–Crippen LogP) is 3.34. The molecular formula is C16H13F2N3O. The minimum Gasteiger partial charge on any atom is -0.330 e. The van der Waals surface area contributed by atoms with Crippen molar-refractivity contribution in [2.24, 2.45) is 0 Å². The summed E-state index contributed by atoms with van der Waals surface area (Å²) in [5.74, 6) is -1.81.